The van der Waals surface area contributed by atoms with Gasteiger partial charge >= 0.3 is 0 Å². The number of ether oxygens (including phenoxy) is 1. The third-order valence-electron chi connectivity index (χ3n) is 4.70. The van der Waals surface area contributed by atoms with Crippen LogP contribution in [0, 0.1) is 5.92 Å². The summed E-state index contributed by atoms with van der Waals surface area (Å²) in [5.41, 5.74) is 2.72. The number of hydrogen-bond acceptors (Lipinski definition) is 3. The minimum Gasteiger partial charge on any atom is -0.380 e. The fourth-order valence-electron chi connectivity index (χ4n) is 3.40. The summed E-state index contributed by atoms with van der Waals surface area (Å²) >= 11 is 0. The van der Waals surface area contributed by atoms with Crippen LogP contribution in [-0.2, 0) is 17.9 Å². The van der Waals surface area contributed by atoms with Gasteiger partial charge in [0.05, 0.1) is 6.61 Å². The van der Waals surface area contributed by atoms with Gasteiger partial charge in [-0.1, -0.05) is 24.3 Å². The highest BCUT2D eigenvalue weighted by Crippen LogP contribution is 2.30. The number of rotatable bonds is 7. The van der Waals surface area contributed by atoms with Crippen LogP contribution >= 0.6 is 0 Å². The standard InChI is InChI=1S/C18H28N2O/c1-21-14-17-4-2-3-16(11-17)13-20(18-5-6-18)12-15-7-9-19-10-8-15/h2-4,11,15,18-19H,5-10,12-14H2,1H3. The van der Waals surface area contributed by atoms with Gasteiger partial charge in [0.25, 0.3) is 0 Å². The van der Waals surface area contributed by atoms with Crippen LogP contribution in [0.15, 0.2) is 24.3 Å². The number of piperidine rings is 1. The minimum absolute atomic E-state index is 0.714. The molecule has 3 nitrogen and oxygen atoms in total. The summed E-state index contributed by atoms with van der Waals surface area (Å²) in [5, 5.41) is 3.47. The van der Waals surface area contributed by atoms with Gasteiger partial charge in [-0.3, -0.25) is 4.90 Å². The zero-order chi connectivity index (χ0) is 14.5. The van der Waals surface area contributed by atoms with E-state index < -0.39 is 0 Å². The SMILES string of the molecule is COCc1cccc(CN(CC2CCNCC2)C2CC2)c1. The van der Waals surface area contributed by atoms with Gasteiger partial charge in [-0.05, 0) is 55.8 Å². The summed E-state index contributed by atoms with van der Waals surface area (Å²) in [6.07, 6.45) is 5.46. The predicted octanol–water partition coefficient (Wildman–Crippen LogP) is 2.80. The fourth-order valence-corrected chi connectivity index (χ4v) is 3.40. The summed E-state index contributed by atoms with van der Waals surface area (Å²) in [6.45, 7) is 5.50. The maximum absolute atomic E-state index is 5.25. The van der Waals surface area contributed by atoms with Gasteiger partial charge in [-0.2, -0.15) is 0 Å². The highest BCUT2D eigenvalue weighted by atomic mass is 16.5. The Kier molecular flexibility index (Phi) is 5.28. The summed E-state index contributed by atoms with van der Waals surface area (Å²) < 4.78 is 5.25. The van der Waals surface area contributed by atoms with Gasteiger partial charge in [-0.25, -0.2) is 0 Å². The zero-order valence-corrected chi connectivity index (χ0v) is 13.2. The second-order valence-corrected chi connectivity index (χ2v) is 6.61. The fraction of sp³-hybridized carbons (Fsp3) is 0.667. The lowest BCUT2D eigenvalue weighted by molar-refractivity contribution is 0.183. The first-order valence-corrected chi connectivity index (χ1v) is 8.36. The maximum Gasteiger partial charge on any atom is 0.0713 e. The molecular formula is C18H28N2O. The molecule has 116 valence electrons. The van der Waals surface area contributed by atoms with E-state index in [2.05, 4.69) is 34.5 Å². The molecular weight excluding hydrogens is 260 g/mol. The highest BCUT2D eigenvalue weighted by Gasteiger charge is 2.30. The van der Waals surface area contributed by atoms with Crippen LogP contribution in [0.3, 0.4) is 0 Å². The lowest BCUT2D eigenvalue weighted by Crippen LogP contribution is -2.37. The van der Waals surface area contributed by atoms with E-state index in [1.165, 1.54) is 56.4 Å². The van der Waals surface area contributed by atoms with Crippen molar-refractivity contribution in [2.24, 2.45) is 5.92 Å². The predicted molar refractivity (Wildman–Crippen MR) is 86.2 cm³/mol. The molecule has 3 heteroatoms. The molecule has 0 radical (unpaired) electrons. The maximum atomic E-state index is 5.25. The molecule has 0 amide bonds. The van der Waals surface area contributed by atoms with Crippen molar-refractivity contribution < 1.29 is 4.74 Å². The van der Waals surface area contributed by atoms with E-state index in [4.69, 9.17) is 4.74 Å². The number of nitrogens with zero attached hydrogens (tertiary/aromatic N) is 1. The van der Waals surface area contributed by atoms with Crippen LogP contribution in [0.1, 0.15) is 36.8 Å². The molecule has 3 rings (SSSR count). The Bertz CT molecular complexity index is 439. The molecule has 1 aliphatic carbocycles. The van der Waals surface area contributed by atoms with Crippen LogP contribution in [0.2, 0.25) is 0 Å². The van der Waals surface area contributed by atoms with Crippen molar-refractivity contribution in [1.29, 1.82) is 0 Å². The van der Waals surface area contributed by atoms with Crippen molar-refractivity contribution in [2.45, 2.75) is 44.9 Å². The molecule has 21 heavy (non-hydrogen) atoms. The third kappa shape index (κ3) is 4.53. The molecule has 1 saturated heterocycles. The Balaban J connectivity index is 1.60. The van der Waals surface area contributed by atoms with Gasteiger partial charge < -0.3 is 10.1 Å². The molecule has 1 aromatic rings. The largest absolute Gasteiger partial charge is 0.380 e. The summed E-state index contributed by atoms with van der Waals surface area (Å²) in [4.78, 5) is 2.72. The van der Waals surface area contributed by atoms with E-state index >= 15 is 0 Å². The van der Waals surface area contributed by atoms with E-state index in [0.717, 1.165) is 18.5 Å². The van der Waals surface area contributed by atoms with Gasteiger partial charge in [0.15, 0.2) is 0 Å². The third-order valence-corrected chi connectivity index (χ3v) is 4.70. The van der Waals surface area contributed by atoms with Crippen molar-refractivity contribution in [1.82, 2.24) is 10.2 Å². The van der Waals surface area contributed by atoms with E-state index in [1.54, 1.807) is 7.11 Å². The topological polar surface area (TPSA) is 24.5 Å². The minimum atomic E-state index is 0.714. The summed E-state index contributed by atoms with van der Waals surface area (Å²) in [5.74, 6) is 0.883. The smallest absolute Gasteiger partial charge is 0.0713 e. The molecule has 2 fully saturated rings. The van der Waals surface area contributed by atoms with E-state index in [0.29, 0.717) is 6.61 Å². The molecule has 1 aromatic carbocycles. The molecule has 0 unspecified atom stereocenters. The van der Waals surface area contributed by atoms with Gasteiger partial charge in [0.1, 0.15) is 0 Å². The first kappa shape index (κ1) is 15.0. The molecule has 1 aliphatic heterocycles. The number of hydrogen-bond donors (Lipinski definition) is 1. The van der Waals surface area contributed by atoms with E-state index in [1.807, 2.05) is 0 Å². The Hall–Kier alpha value is -0.900. The normalized spacial score (nSPS) is 20.1. The summed E-state index contributed by atoms with van der Waals surface area (Å²) in [7, 11) is 1.76. The van der Waals surface area contributed by atoms with Crippen LogP contribution in [0.25, 0.3) is 0 Å². The van der Waals surface area contributed by atoms with E-state index in [-0.39, 0.29) is 0 Å². The van der Waals surface area contributed by atoms with Gasteiger partial charge in [-0.15, -0.1) is 0 Å². The highest BCUT2D eigenvalue weighted by molar-refractivity contribution is 5.23. The quantitative estimate of drug-likeness (QED) is 0.835. The van der Waals surface area contributed by atoms with Crippen LogP contribution in [0.4, 0.5) is 0 Å². The molecule has 1 heterocycles. The Morgan fingerprint density at radius 1 is 1.14 bits per heavy atom. The number of benzene rings is 1. The lowest BCUT2D eigenvalue weighted by Gasteiger charge is -2.30. The van der Waals surface area contributed by atoms with Crippen molar-refractivity contribution in [2.75, 3.05) is 26.7 Å². The molecule has 0 spiro atoms. The zero-order valence-electron chi connectivity index (χ0n) is 13.2. The first-order valence-electron chi connectivity index (χ1n) is 8.36. The van der Waals surface area contributed by atoms with Crippen LogP contribution in [-0.4, -0.2) is 37.7 Å². The average molecular weight is 288 g/mol. The Morgan fingerprint density at radius 2 is 1.90 bits per heavy atom. The van der Waals surface area contributed by atoms with Gasteiger partial charge in [0.2, 0.25) is 0 Å². The number of methoxy groups -OCH3 is 1. The van der Waals surface area contributed by atoms with Crippen LogP contribution < -0.4 is 5.32 Å². The van der Waals surface area contributed by atoms with Crippen molar-refractivity contribution >= 4 is 0 Å². The van der Waals surface area contributed by atoms with Gasteiger partial charge in [0, 0.05) is 26.2 Å². The van der Waals surface area contributed by atoms with Crippen molar-refractivity contribution in [3.05, 3.63) is 35.4 Å². The first-order chi connectivity index (χ1) is 10.3. The van der Waals surface area contributed by atoms with Crippen LogP contribution in [0.5, 0.6) is 0 Å². The van der Waals surface area contributed by atoms with Crippen molar-refractivity contribution in [3.63, 3.8) is 0 Å². The second-order valence-electron chi connectivity index (χ2n) is 6.61. The molecule has 1 N–H and O–H groups in total. The monoisotopic (exact) mass is 288 g/mol. The molecule has 0 bridgehead atoms. The van der Waals surface area contributed by atoms with Crippen molar-refractivity contribution in [3.8, 4) is 0 Å². The Morgan fingerprint density at radius 3 is 2.62 bits per heavy atom. The summed E-state index contributed by atoms with van der Waals surface area (Å²) in [6, 6.07) is 9.73. The van der Waals surface area contributed by atoms with E-state index in [9.17, 15) is 0 Å². The molecule has 0 atom stereocenters. The number of nitrogens with one attached hydrogen (secondary N) is 1. The second kappa shape index (κ2) is 7.39. The average Bonchev–Trinajstić information content (AvgIpc) is 3.33. The molecule has 0 aromatic heterocycles. The molecule has 1 saturated carbocycles. The Labute approximate surface area is 128 Å². The molecule has 2 aliphatic rings. The lowest BCUT2D eigenvalue weighted by atomic mass is 9.97.